The highest BCUT2D eigenvalue weighted by Gasteiger charge is 2.49. The van der Waals surface area contributed by atoms with Gasteiger partial charge in [-0.15, -0.1) is 0 Å². The highest BCUT2D eigenvalue weighted by molar-refractivity contribution is 5.94. The molecule has 1 aromatic heterocycles. The van der Waals surface area contributed by atoms with Crippen LogP contribution in [0, 0.1) is 5.92 Å². The van der Waals surface area contributed by atoms with E-state index in [1.165, 1.54) is 24.9 Å². The van der Waals surface area contributed by atoms with Crippen molar-refractivity contribution < 1.29 is 44.4 Å². The van der Waals surface area contributed by atoms with Crippen LogP contribution < -0.4 is 5.32 Å². The van der Waals surface area contributed by atoms with E-state index in [1.54, 1.807) is 12.1 Å². The fraction of sp³-hybridized carbons (Fsp3) is 0.600. The maximum absolute atomic E-state index is 13.1. The number of aliphatic hydroxyl groups is 1. The smallest absolute Gasteiger partial charge is 0.337 e. The number of allylic oxidation sites excluding steroid dienone is 1. The van der Waals surface area contributed by atoms with Gasteiger partial charge in [0.2, 0.25) is 5.91 Å². The highest BCUT2D eigenvalue weighted by atomic mass is 16.4. The summed E-state index contributed by atoms with van der Waals surface area (Å²) in [7, 11) is 0. The molecule has 1 amide bonds. The van der Waals surface area contributed by atoms with Crippen molar-refractivity contribution in [3.8, 4) is 0 Å². The molecule has 228 valence electrons. The number of hydrogen-bond acceptors (Lipinski definition) is 7. The maximum Gasteiger partial charge on any atom is 0.337 e. The van der Waals surface area contributed by atoms with E-state index in [-0.39, 0.29) is 12.2 Å². The molecule has 0 fully saturated rings. The Morgan fingerprint density at radius 3 is 2.12 bits per heavy atom. The first-order chi connectivity index (χ1) is 19.5. The fourth-order valence-corrected chi connectivity index (χ4v) is 4.45. The number of ketones is 1. The first kappa shape index (κ1) is 35.4. The number of nitrogens with one attached hydrogen (secondary N) is 1. The molecule has 0 saturated carbocycles. The van der Waals surface area contributed by atoms with Crippen LogP contribution in [0.3, 0.4) is 0 Å². The van der Waals surface area contributed by atoms with Crippen LogP contribution in [0.1, 0.15) is 96.0 Å². The van der Waals surface area contributed by atoms with E-state index in [4.69, 9.17) is 0 Å². The van der Waals surface area contributed by atoms with E-state index in [0.29, 0.717) is 31.2 Å². The molecule has 0 aromatic carbocycles. The van der Waals surface area contributed by atoms with Crippen LogP contribution in [0.15, 0.2) is 36.7 Å². The lowest BCUT2D eigenvalue weighted by Gasteiger charge is -2.29. The van der Waals surface area contributed by atoms with Crippen LogP contribution in [0.4, 0.5) is 0 Å². The second-order valence-electron chi connectivity index (χ2n) is 10.3. The van der Waals surface area contributed by atoms with Crippen molar-refractivity contribution >= 4 is 29.6 Å². The first-order valence-electron chi connectivity index (χ1n) is 14.3. The average Bonchev–Trinajstić information content (AvgIpc) is 2.91. The molecule has 3 atom stereocenters. The molecule has 41 heavy (non-hydrogen) atoms. The van der Waals surface area contributed by atoms with Gasteiger partial charge in [-0.25, -0.2) is 9.59 Å². The van der Waals surface area contributed by atoms with Crippen molar-refractivity contribution in [1.82, 2.24) is 10.3 Å². The van der Waals surface area contributed by atoms with Crippen molar-refractivity contribution in [2.45, 2.75) is 108 Å². The van der Waals surface area contributed by atoms with E-state index in [0.717, 1.165) is 51.0 Å². The van der Waals surface area contributed by atoms with Gasteiger partial charge in [0, 0.05) is 31.7 Å². The van der Waals surface area contributed by atoms with Crippen LogP contribution in [0.5, 0.6) is 0 Å². The van der Waals surface area contributed by atoms with Crippen LogP contribution in [0.25, 0.3) is 0 Å². The lowest BCUT2D eigenvalue weighted by molar-refractivity contribution is -0.172. The monoisotopic (exact) mass is 576 g/mol. The van der Waals surface area contributed by atoms with E-state index in [9.17, 15) is 44.4 Å². The summed E-state index contributed by atoms with van der Waals surface area (Å²) in [5.74, 6) is -7.67. The summed E-state index contributed by atoms with van der Waals surface area (Å²) in [6, 6.07) is 1.73. The minimum atomic E-state index is -3.00. The predicted octanol–water partition coefficient (Wildman–Crippen LogP) is 3.93. The Morgan fingerprint density at radius 1 is 0.951 bits per heavy atom. The van der Waals surface area contributed by atoms with Gasteiger partial charge in [0.25, 0.3) is 0 Å². The number of aliphatic carboxylic acids is 3. The SMILES string of the molecule is CCCCCCCC(=O)CCCCCC/C=C/[C@@H](C(=O)N[C@@H](Cc1cccnc1)C(=O)O)[C@@](O)(CC(=O)O)C(=O)O. The standard InChI is InChI=1S/C30H44N2O9/c1-2-3-4-7-10-15-23(33)16-11-8-5-6-9-12-17-24(30(41,29(39)40)20-26(34)35)27(36)32-25(28(37)38)19-22-14-13-18-31-21-22/h12-14,17-18,21,24-25,41H,2-11,15-16,19-20H2,1H3,(H,32,36)(H,34,35)(H,37,38)(H,39,40)/b17-12+/t24-,25-,30-/m0/s1. The number of carboxylic acids is 3. The van der Waals surface area contributed by atoms with E-state index in [2.05, 4.69) is 17.2 Å². The summed E-state index contributed by atoms with van der Waals surface area (Å²) in [6.45, 7) is 2.15. The summed E-state index contributed by atoms with van der Waals surface area (Å²) in [4.78, 5) is 64.0. The quantitative estimate of drug-likeness (QED) is 0.0942. The minimum absolute atomic E-state index is 0.156. The van der Waals surface area contributed by atoms with Gasteiger partial charge in [0.1, 0.15) is 11.8 Å². The normalized spacial score (nSPS) is 14.2. The molecule has 0 aliphatic heterocycles. The van der Waals surface area contributed by atoms with E-state index in [1.807, 2.05) is 0 Å². The van der Waals surface area contributed by atoms with Crippen LogP contribution >= 0.6 is 0 Å². The third kappa shape index (κ3) is 14.0. The number of nitrogens with zero attached hydrogens (tertiary/aromatic N) is 1. The third-order valence-corrected chi connectivity index (χ3v) is 6.83. The predicted molar refractivity (Wildman–Crippen MR) is 151 cm³/mol. The number of pyridine rings is 1. The Balaban J connectivity index is 2.74. The Hall–Kier alpha value is -3.60. The second-order valence-corrected chi connectivity index (χ2v) is 10.3. The highest BCUT2D eigenvalue weighted by Crippen LogP contribution is 2.25. The molecule has 1 rings (SSSR count). The van der Waals surface area contributed by atoms with Crippen molar-refractivity contribution in [1.29, 1.82) is 0 Å². The molecule has 0 bridgehead atoms. The number of hydrogen-bond donors (Lipinski definition) is 5. The number of rotatable bonds is 23. The molecular formula is C30H44N2O9. The van der Waals surface area contributed by atoms with Crippen molar-refractivity contribution in [2.75, 3.05) is 0 Å². The van der Waals surface area contributed by atoms with Crippen LogP contribution in [-0.4, -0.2) is 66.7 Å². The van der Waals surface area contributed by atoms with Crippen molar-refractivity contribution in [2.24, 2.45) is 5.92 Å². The summed E-state index contributed by atoms with van der Waals surface area (Å²) in [5, 5.41) is 41.5. The fourth-order valence-electron chi connectivity index (χ4n) is 4.45. The van der Waals surface area contributed by atoms with Gasteiger partial charge in [-0.05, 0) is 37.3 Å². The Kier molecular flexibility index (Phi) is 16.8. The zero-order valence-corrected chi connectivity index (χ0v) is 23.8. The lowest BCUT2D eigenvalue weighted by Crippen LogP contribution is -2.55. The Bertz CT molecular complexity index is 1010. The topological polar surface area (TPSA) is 191 Å². The number of aromatic nitrogens is 1. The molecule has 11 heteroatoms. The average molecular weight is 577 g/mol. The minimum Gasteiger partial charge on any atom is -0.481 e. The molecule has 11 nitrogen and oxygen atoms in total. The zero-order valence-electron chi connectivity index (χ0n) is 23.8. The molecule has 0 aliphatic rings. The molecule has 1 heterocycles. The molecule has 0 saturated heterocycles. The molecule has 0 aliphatic carbocycles. The summed E-state index contributed by atoms with van der Waals surface area (Å²) >= 11 is 0. The Morgan fingerprint density at radius 2 is 1.59 bits per heavy atom. The number of carboxylic acid groups (broad SMARTS) is 3. The molecule has 0 spiro atoms. The summed E-state index contributed by atoms with van der Waals surface area (Å²) in [5.41, 5.74) is -2.50. The number of Topliss-reactive ketones (excluding diaryl/α,β-unsaturated/α-hetero) is 1. The van der Waals surface area contributed by atoms with Crippen molar-refractivity contribution in [3.05, 3.63) is 42.2 Å². The second kappa shape index (κ2) is 19.5. The largest absolute Gasteiger partial charge is 0.481 e. The molecule has 5 N–H and O–H groups in total. The molecule has 1 aromatic rings. The zero-order chi connectivity index (χ0) is 30.7. The summed E-state index contributed by atoms with van der Waals surface area (Å²) in [6.07, 6.45) is 14.2. The number of unbranched alkanes of at least 4 members (excludes halogenated alkanes) is 8. The molecular weight excluding hydrogens is 532 g/mol. The number of carbonyl (C=O) groups excluding carboxylic acids is 2. The van der Waals surface area contributed by atoms with Gasteiger partial charge in [-0.3, -0.25) is 19.4 Å². The van der Waals surface area contributed by atoms with Crippen LogP contribution in [-0.2, 0) is 30.4 Å². The number of amides is 1. The van der Waals surface area contributed by atoms with Gasteiger partial charge in [-0.1, -0.05) is 63.7 Å². The van der Waals surface area contributed by atoms with E-state index >= 15 is 0 Å². The lowest BCUT2D eigenvalue weighted by atomic mass is 9.82. The number of carbonyl (C=O) groups is 5. The van der Waals surface area contributed by atoms with Gasteiger partial charge in [0.15, 0.2) is 5.60 Å². The third-order valence-electron chi connectivity index (χ3n) is 6.83. The maximum atomic E-state index is 13.1. The van der Waals surface area contributed by atoms with E-state index < -0.39 is 47.8 Å². The van der Waals surface area contributed by atoms with Gasteiger partial charge < -0.3 is 25.7 Å². The summed E-state index contributed by atoms with van der Waals surface area (Å²) < 4.78 is 0. The van der Waals surface area contributed by atoms with Crippen molar-refractivity contribution in [3.63, 3.8) is 0 Å². The molecule has 0 unspecified atom stereocenters. The van der Waals surface area contributed by atoms with Gasteiger partial charge in [-0.2, -0.15) is 0 Å². The van der Waals surface area contributed by atoms with Gasteiger partial charge >= 0.3 is 17.9 Å². The Labute approximate surface area is 241 Å². The van der Waals surface area contributed by atoms with Gasteiger partial charge in [0.05, 0.1) is 12.3 Å². The first-order valence-corrected chi connectivity index (χ1v) is 14.3. The molecule has 0 radical (unpaired) electrons. The van der Waals surface area contributed by atoms with Crippen LogP contribution in [0.2, 0.25) is 0 Å².